The zero-order valence-corrected chi connectivity index (χ0v) is 14.8. The summed E-state index contributed by atoms with van der Waals surface area (Å²) in [5.41, 5.74) is 1.84. The molecule has 0 bridgehead atoms. The minimum absolute atomic E-state index is 0.0154. The monoisotopic (exact) mass is 353 g/mol. The molecule has 0 unspecified atom stereocenters. The number of aromatic nitrogens is 3. The number of amides is 1. The van der Waals surface area contributed by atoms with Crippen LogP contribution in [-0.2, 0) is 4.79 Å². The third-order valence-corrected chi connectivity index (χ3v) is 5.45. The molecule has 1 saturated heterocycles. The zero-order chi connectivity index (χ0) is 17.2. The SMILES string of the molecule is Cc1ccc(N2CCC(C(=O)Nc3nc4ccccc4s3)CC2)nn1. The van der Waals surface area contributed by atoms with Crippen molar-refractivity contribution in [2.45, 2.75) is 19.8 Å². The van der Waals surface area contributed by atoms with Gasteiger partial charge in [0.25, 0.3) is 0 Å². The Kier molecular flexibility index (Phi) is 4.31. The Morgan fingerprint density at radius 1 is 1.16 bits per heavy atom. The van der Waals surface area contributed by atoms with E-state index in [-0.39, 0.29) is 11.8 Å². The van der Waals surface area contributed by atoms with Gasteiger partial charge < -0.3 is 10.2 Å². The third-order valence-electron chi connectivity index (χ3n) is 4.50. The van der Waals surface area contributed by atoms with Gasteiger partial charge in [0, 0.05) is 19.0 Å². The summed E-state index contributed by atoms with van der Waals surface area (Å²) in [7, 11) is 0. The molecule has 3 heterocycles. The maximum atomic E-state index is 12.5. The molecule has 4 rings (SSSR count). The number of hydrogen-bond donors (Lipinski definition) is 1. The van der Waals surface area contributed by atoms with E-state index in [1.807, 2.05) is 43.3 Å². The summed E-state index contributed by atoms with van der Waals surface area (Å²) < 4.78 is 1.09. The first kappa shape index (κ1) is 16.0. The van der Waals surface area contributed by atoms with E-state index in [0.29, 0.717) is 5.13 Å². The third kappa shape index (κ3) is 3.46. The van der Waals surface area contributed by atoms with E-state index < -0.39 is 0 Å². The standard InChI is InChI=1S/C18H19N5OS/c1-12-6-7-16(22-21-12)23-10-8-13(9-11-23)17(24)20-18-19-14-4-2-3-5-15(14)25-18/h2-7,13H,8-11H2,1H3,(H,19,20,24). The van der Waals surface area contributed by atoms with Gasteiger partial charge in [-0.25, -0.2) is 4.98 Å². The second-order valence-corrected chi connectivity index (χ2v) is 7.30. The second kappa shape index (κ2) is 6.76. The van der Waals surface area contributed by atoms with Crippen LogP contribution in [0.15, 0.2) is 36.4 Å². The lowest BCUT2D eigenvalue weighted by Gasteiger charge is -2.31. The Morgan fingerprint density at radius 3 is 2.68 bits per heavy atom. The Balaban J connectivity index is 1.37. The molecular weight excluding hydrogens is 334 g/mol. The van der Waals surface area contributed by atoms with Crippen molar-refractivity contribution in [2.75, 3.05) is 23.3 Å². The van der Waals surface area contributed by atoms with Gasteiger partial charge in [-0.15, -0.1) is 5.10 Å². The molecule has 1 aliphatic heterocycles. The van der Waals surface area contributed by atoms with Gasteiger partial charge in [-0.05, 0) is 44.0 Å². The minimum atomic E-state index is 0.0154. The molecule has 7 heteroatoms. The summed E-state index contributed by atoms with van der Waals surface area (Å²) in [6, 6.07) is 11.9. The van der Waals surface area contributed by atoms with Crippen LogP contribution < -0.4 is 10.2 Å². The molecule has 0 spiro atoms. The highest BCUT2D eigenvalue weighted by atomic mass is 32.1. The summed E-state index contributed by atoms with van der Waals surface area (Å²) in [5.74, 6) is 0.964. The number of fused-ring (bicyclic) bond motifs is 1. The molecule has 1 fully saturated rings. The molecule has 6 nitrogen and oxygen atoms in total. The molecule has 0 saturated carbocycles. The number of thiazole rings is 1. The fraction of sp³-hybridized carbons (Fsp3) is 0.333. The number of para-hydroxylation sites is 1. The Morgan fingerprint density at radius 2 is 1.96 bits per heavy atom. The quantitative estimate of drug-likeness (QED) is 0.783. The number of rotatable bonds is 3. The van der Waals surface area contributed by atoms with E-state index in [2.05, 4.69) is 25.4 Å². The maximum absolute atomic E-state index is 12.5. The molecular formula is C18H19N5OS. The summed E-state index contributed by atoms with van der Waals surface area (Å²) in [6.45, 7) is 3.56. The molecule has 0 aliphatic carbocycles. The van der Waals surface area contributed by atoms with Gasteiger partial charge in [-0.1, -0.05) is 23.5 Å². The first-order valence-electron chi connectivity index (χ1n) is 8.41. The van der Waals surface area contributed by atoms with Crippen molar-refractivity contribution >= 4 is 38.4 Å². The van der Waals surface area contributed by atoms with Crippen molar-refractivity contribution < 1.29 is 4.79 Å². The fourth-order valence-corrected chi connectivity index (χ4v) is 3.93. The van der Waals surface area contributed by atoms with Crippen LogP contribution >= 0.6 is 11.3 Å². The number of nitrogens with zero attached hydrogens (tertiary/aromatic N) is 4. The largest absolute Gasteiger partial charge is 0.355 e. The second-order valence-electron chi connectivity index (χ2n) is 6.27. The topological polar surface area (TPSA) is 71.0 Å². The summed E-state index contributed by atoms with van der Waals surface area (Å²) in [4.78, 5) is 19.2. The van der Waals surface area contributed by atoms with E-state index in [9.17, 15) is 4.79 Å². The molecule has 0 atom stereocenters. The van der Waals surface area contributed by atoms with Crippen molar-refractivity contribution in [1.29, 1.82) is 0 Å². The van der Waals surface area contributed by atoms with E-state index in [0.717, 1.165) is 47.7 Å². The summed E-state index contributed by atoms with van der Waals surface area (Å²) in [6.07, 6.45) is 1.62. The lowest BCUT2D eigenvalue weighted by atomic mass is 9.96. The van der Waals surface area contributed by atoms with Crippen LogP contribution in [0.1, 0.15) is 18.5 Å². The van der Waals surface area contributed by atoms with Crippen LogP contribution in [0.4, 0.5) is 10.9 Å². The van der Waals surface area contributed by atoms with Crippen LogP contribution in [0, 0.1) is 12.8 Å². The molecule has 1 aromatic carbocycles. The van der Waals surface area contributed by atoms with Gasteiger partial charge in [0.1, 0.15) is 0 Å². The Hall–Kier alpha value is -2.54. The van der Waals surface area contributed by atoms with Gasteiger partial charge in [-0.2, -0.15) is 5.10 Å². The summed E-state index contributed by atoms with van der Waals surface area (Å²) >= 11 is 1.52. The highest BCUT2D eigenvalue weighted by Gasteiger charge is 2.26. The number of aryl methyl sites for hydroxylation is 1. The Bertz CT molecular complexity index is 851. The van der Waals surface area contributed by atoms with Crippen LogP contribution in [-0.4, -0.2) is 34.2 Å². The van der Waals surface area contributed by atoms with Crippen LogP contribution in [0.5, 0.6) is 0 Å². The average Bonchev–Trinajstić information content (AvgIpc) is 3.05. The normalized spacial score (nSPS) is 15.5. The minimum Gasteiger partial charge on any atom is -0.355 e. The van der Waals surface area contributed by atoms with Gasteiger partial charge in [-0.3, -0.25) is 4.79 Å². The van der Waals surface area contributed by atoms with Crippen LogP contribution in [0.25, 0.3) is 10.2 Å². The number of piperidine rings is 1. The number of hydrogen-bond acceptors (Lipinski definition) is 6. The molecule has 1 amide bonds. The zero-order valence-electron chi connectivity index (χ0n) is 14.0. The lowest BCUT2D eigenvalue weighted by Crippen LogP contribution is -2.38. The first-order chi connectivity index (χ1) is 12.2. The van der Waals surface area contributed by atoms with Gasteiger partial charge in [0.15, 0.2) is 10.9 Å². The first-order valence-corrected chi connectivity index (χ1v) is 9.22. The number of carbonyl (C=O) groups is 1. The Labute approximate surface area is 149 Å². The van der Waals surface area contributed by atoms with Crippen LogP contribution in [0.3, 0.4) is 0 Å². The molecule has 128 valence electrons. The smallest absolute Gasteiger partial charge is 0.229 e. The average molecular weight is 353 g/mol. The molecule has 1 aliphatic rings. The highest BCUT2D eigenvalue weighted by Crippen LogP contribution is 2.27. The van der Waals surface area contributed by atoms with E-state index in [1.54, 1.807) is 0 Å². The van der Waals surface area contributed by atoms with E-state index in [4.69, 9.17) is 0 Å². The fourth-order valence-electron chi connectivity index (χ4n) is 3.06. The van der Waals surface area contributed by atoms with Gasteiger partial charge in [0.2, 0.25) is 5.91 Å². The summed E-state index contributed by atoms with van der Waals surface area (Å²) in [5, 5.41) is 12.0. The van der Waals surface area contributed by atoms with Crippen molar-refractivity contribution in [2.24, 2.45) is 5.92 Å². The van der Waals surface area contributed by atoms with Crippen molar-refractivity contribution in [3.8, 4) is 0 Å². The highest BCUT2D eigenvalue weighted by molar-refractivity contribution is 7.22. The van der Waals surface area contributed by atoms with Gasteiger partial charge >= 0.3 is 0 Å². The van der Waals surface area contributed by atoms with Crippen molar-refractivity contribution in [3.63, 3.8) is 0 Å². The molecule has 2 aromatic heterocycles. The van der Waals surface area contributed by atoms with Crippen molar-refractivity contribution in [3.05, 3.63) is 42.1 Å². The molecule has 1 N–H and O–H groups in total. The number of anilines is 2. The lowest BCUT2D eigenvalue weighted by molar-refractivity contribution is -0.120. The van der Waals surface area contributed by atoms with Crippen LogP contribution in [0.2, 0.25) is 0 Å². The maximum Gasteiger partial charge on any atom is 0.229 e. The molecule has 25 heavy (non-hydrogen) atoms. The number of carbonyl (C=O) groups excluding carboxylic acids is 1. The number of nitrogens with one attached hydrogen (secondary N) is 1. The van der Waals surface area contributed by atoms with Gasteiger partial charge in [0.05, 0.1) is 15.9 Å². The van der Waals surface area contributed by atoms with E-state index >= 15 is 0 Å². The van der Waals surface area contributed by atoms with E-state index in [1.165, 1.54) is 11.3 Å². The predicted octanol–water partition coefficient (Wildman–Crippen LogP) is 3.25. The molecule has 3 aromatic rings. The molecule has 0 radical (unpaired) electrons. The predicted molar refractivity (Wildman–Crippen MR) is 100.0 cm³/mol. The number of benzene rings is 1. The van der Waals surface area contributed by atoms with Crippen molar-refractivity contribution in [1.82, 2.24) is 15.2 Å².